The molecule has 3 aromatic rings. The SMILES string of the molecule is Cc1ccc2c(c1)[C@@H](c1ccccc1)N(C(=O)c1ccccc1C)CC(=O)N2. The fraction of sp³-hybridized carbons (Fsp3) is 0.167. The molecule has 0 aromatic heterocycles. The van der Waals surface area contributed by atoms with Crippen molar-refractivity contribution in [3.8, 4) is 0 Å². The van der Waals surface area contributed by atoms with Crippen molar-refractivity contribution in [2.75, 3.05) is 11.9 Å². The van der Waals surface area contributed by atoms with Crippen LogP contribution in [0.15, 0.2) is 72.8 Å². The van der Waals surface area contributed by atoms with Crippen molar-refractivity contribution < 1.29 is 9.59 Å². The van der Waals surface area contributed by atoms with Crippen LogP contribution in [0.2, 0.25) is 0 Å². The highest BCUT2D eigenvalue weighted by molar-refractivity contribution is 6.02. The van der Waals surface area contributed by atoms with Crippen molar-refractivity contribution in [2.45, 2.75) is 19.9 Å². The van der Waals surface area contributed by atoms with Gasteiger partial charge in [-0.3, -0.25) is 9.59 Å². The minimum Gasteiger partial charge on any atom is -0.324 e. The van der Waals surface area contributed by atoms with E-state index in [-0.39, 0.29) is 24.4 Å². The molecule has 1 aliphatic heterocycles. The van der Waals surface area contributed by atoms with Gasteiger partial charge >= 0.3 is 0 Å². The summed E-state index contributed by atoms with van der Waals surface area (Å²) in [6.07, 6.45) is 0. The average Bonchev–Trinajstić information content (AvgIpc) is 2.84. The third kappa shape index (κ3) is 3.29. The van der Waals surface area contributed by atoms with Crippen LogP contribution in [0.3, 0.4) is 0 Å². The molecule has 4 nitrogen and oxygen atoms in total. The van der Waals surface area contributed by atoms with Crippen LogP contribution in [0.4, 0.5) is 5.69 Å². The topological polar surface area (TPSA) is 49.4 Å². The van der Waals surface area contributed by atoms with Crippen LogP contribution in [-0.4, -0.2) is 23.3 Å². The Labute approximate surface area is 164 Å². The third-order valence-electron chi connectivity index (χ3n) is 5.15. The molecule has 0 unspecified atom stereocenters. The fourth-order valence-electron chi connectivity index (χ4n) is 3.78. The lowest BCUT2D eigenvalue weighted by molar-refractivity contribution is -0.117. The minimum atomic E-state index is -0.345. The number of carbonyl (C=O) groups is 2. The van der Waals surface area contributed by atoms with Gasteiger partial charge in [-0.15, -0.1) is 0 Å². The van der Waals surface area contributed by atoms with Gasteiger partial charge in [0.15, 0.2) is 0 Å². The molecule has 0 saturated carbocycles. The van der Waals surface area contributed by atoms with E-state index in [1.165, 1.54) is 0 Å². The number of fused-ring (bicyclic) bond motifs is 1. The van der Waals surface area contributed by atoms with Crippen LogP contribution in [0.1, 0.15) is 38.7 Å². The Morgan fingerprint density at radius 2 is 1.68 bits per heavy atom. The number of anilines is 1. The van der Waals surface area contributed by atoms with Crippen molar-refractivity contribution in [1.29, 1.82) is 0 Å². The van der Waals surface area contributed by atoms with Gasteiger partial charge in [0.1, 0.15) is 6.54 Å². The zero-order valence-electron chi connectivity index (χ0n) is 16.0. The van der Waals surface area contributed by atoms with Crippen molar-refractivity contribution >= 4 is 17.5 Å². The Bertz CT molecular complexity index is 1040. The van der Waals surface area contributed by atoms with Crippen LogP contribution in [-0.2, 0) is 4.79 Å². The summed E-state index contributed by atoms with van der Waals surface area (Å²) in [4.78, 5) is 27.9. The molecule has 4 heteroatoms. The number of hydrogen-bond donors (Lipinski definition) is 1. The normalized spacial score (nSPS) is 16.1. The van der Waals surface area contributed by atoms with Gasteiger partial charge in [0.25, 0.3) is 5.91 Å². The zero-order valence-corrected chi connectivity index (χ0v) is 16.0. The molecule has 1 atom stereocenters. The summed E-state index contributed by atoms with van der Waals surface area (Å²) >= 11 is 0. The van der Waals surface area contributed by atoms with E-state index in [4.69, 9.17) is 0 Å². The number of nitrogens with zero attached hydrogens (tertiary/aromatic N) is 1. The van der Waals surface area contributed by atoms with E-state index >= 15 is 0 Å². The molecule has 0 bridgehead atoms. The van der Waals surface area contributed by atoms with E-state index in [0.717, 1.165) is 27.9 Å². The van der Waals surface area contributed by atoms with Crippen molar-refractivity contribution in [1.82, 2.24) is 4.90 Å². The number of aryl methyl sites for hydroxylation is 2. The van der Waals surface area contributed by atoms with Crippen LogP contribution in [0.25, 0.3) is 0 Å². The summed E-state index contributed by atoms with van der Waals surface area (Å²) in [6, 6.07) is 23.0. The summed E-state index contributed by atoms with van der Waals surface area (Å²) in [5.41, 5.74) is 5.26. The fourth-order valence-corrected chi connectivity index (χ4v) is 3.78. The van der Waals surface area contributed by atoms with Gasteiger partial charge in [0.2, 0.25) is 5.91 Å². The highest BCUT2D eigenvalue weighted by Gasteiger charge is 2.34. The van der Waals surface area contributed by atoms with Gasteiger partial charge in [-0.1, -0.05) is 66.2 Å². The Hall–Kier alpha value is -3.40. The molecular formula is C24H22N2O2. The summed E-state index contributed by atoms with van der Waals surface area (Å²) in [5.74, 6) is -0.332. The highest BCUT2D eigenvalue weighted by atomic mass is 16.2. The number of rotatable bonds is 2. The second-order valence-electron chi connectivity index (χ2n) is 7.20. The molecule has 0 fully saturated rings. The van der Waals surface area contributed by atoms with Crippen LogP contribution in [0.5, 0.6) is 0 Å². The Balaban J connectivity index is 1.91. The maximum Gasteiger partial charge on any atom is 0.255 e. The van der Waals surface area contributed by atoms with E-state index < -0.39 is 0 Å². The van der Waals surface area contributed by atoms with Crippen molar-refractivity contribution in [3.05, 3.63) is 101 Å². The first-order valence-corrected chi connectivity index (χ1v) is 9.36. The molecule has 0 spiro atoms. The molecule has 0 radical (unpaired) electrons. The molecule has 140 valence electrons. The smallest absolute Gasteiger partial charge is 0.255 e. The molecule has 0 aliphatic carbocycles. The molecule has 1 heterocycles. The monoisotopic (exact) mass is 370 g/mol. The number of nitrogens with one attached hydrogen (secondary N) is 1. The lowest BCUT2D eigenvalue weighted by Gasteiger charge is -2.31. The van der Waals surface area contributed by atoms with E-state index in [0.29, 0.717) is 5.56 Å². The molecule has 4 rings (SSSR count). The van der Waals surface area contributed by atoms with E-state index in [1.54, 1.807) is 4.90 Å². The van der Waals surface area contributed by atoms with Gasteiger partial charge in [0, 0.05) is 16.8 Å². The number of amides is 2. The standard InChI is InChI=1S/C24H22N2O2/c1-16-12-13-21-20(14-16)23(18-9-4-3-5-10-18)26(15-22(27)25-21)24(28)19-11-7-6-8-17(19)2/h3-14,23H,15H2,1-2H3,(H,25,27)/t23-/m1/s1. The second kappa shape index (κ2) is 7.31. The van der Waals surface area contributed by atoms with Gasteiger partial charge in [0.05, 0.1) is 6.04 Å². The van der Waals surface area contributed by atoms with Gasteiger partial charge in [-0.05, 0) is 37.1 Å². The number of benzene rings is 3. The molecule has 1 N–H and O–H groups in total. The van der Waals surface area contributed by atoms with Crippen molar-refractivity contribution in [3.63, 3.8) is 0 Å². The molecular weight excluding hydrogens is 348 g/mol. The van der Waals surface area contributed by atoms with Gasteiger partial charge in [-0.25, -0.2) is 0 Å². The lowest BCUT2D eigenvalue weighted by Crippen LogP contribution is -2.39. The van der Waals surface area contributed by atoms with E-state index in [9.17, 15) is 9.59 Å². The predicted octanol–water partition coefficient (Wildman–Crippen LogP) is 4.49. The maximum atomic E-state index is 13.5. The van der Waals surface area contributed by atoms with E-state index in [1.807, 2.05) is 80.6 Å². The second-order valence-corrected chi connectivity index (χ2v) is 7.20. The summed E-state index contributed by atoms with van der Waals surface area (Å²) < 4.78 is 0. The van der Waals surface area contributed by atoms with Crippen LogP contribution in [0, 0.1) is 13.8 Å². The van der Waals surface area contributed by atoms with E-state index in [2.05, 4.69) is 11.4 Å². The Kier molecular flexibility index (Phi) is 4.70. The van der Waals surface area contributed by atoms with Crippen molar-refractivity contribution in [2.24, 2.45) is 0 Å². The average molecular weight is 370 g/mol. The largest absolute Gasteiger partial charge is 0.324 e. The quantitative estimate of drug-likeness (QED) is 0.723. The predicted molar refractivity (Wildman–Crippen MR) is 110 cm³/mol. The first-order chi connectivity index (χ1) is 13.5. The first kappa shape index (κ1) is 18.0. The van der Waals surface area contributed by atoms with Gasteiger partial charge in [-0.2, -0.15) is 0 Å². The summed E-state index contributed by atoms with van der Waals surface area (Å²) in [5, 5.41) is 2.97. The molecule has 2 amide bonds. The van der Waals surface area contributed by atoms with Gasteiger partial charge < -0.3 is 10.2 Å². The Morgan fingerprint density at radius 1 is 0.964 bits per heavy atom. The van der Waals surface area contributed by atoms with Crippen LogP contribution >= 0.6 is 0 Å². The molecule has 1 aliphatic rings. The lowest BCUT2D eigenvalue weighted by atomic mass is 9.93. The number of hydrogen-bond acceptors (Lipinski definition) is 2. The first-order valence-electron chi connectivity index (χ1n) is 9.36. The number of carbonyl (C=O) groups excluding carboxylic acids is 2. The third-order valence-corrected chi connectivity index (χ3v) is 5.15. The highest BCUT2D eigenvalue weighted by Crippen LogP contribution is 2.37. The minimum absolute atomic E-state index is 0.000453. The van der Waals surface area contributed by atoms with Crippen LogP contribution < -0.4 is 5.32 Å². The molecule has 28 heavy (non-hydrogen) atoms. The Morgan fingerprint density at radius 3 is 2.43 bits per heavy atom. The molecule has 0 saturated heterocycles. The molecule has 3 aromatic carbocycles. The zero-order chi connectivity index (χ0) is 19.7. The maximum absolute atomic E-state index is 13.5. The summed E-state index contributed by atoms with van der Waals surface area (Å²) in [7, 11) is 0. The summed E-state index contributed by atoms with van der Waals surface area (Å²) in [6.45, 7) is 3.93.